The SMILES string of the molecule is Cc1nnc(C(C)C)n1C1CC2CCC(C1)N2CC[C@H](NC(=O)C1CCCC1)c1cccnc1. The monoisotopic (exact) mass is 464 g/mol. The Morgan fingerprint density at radius 1 is 1.09 bits per heavy atom. The minimum atomic E-state index is 0.0339. The van der Waals surface area contributed by atoms with Crippen LogP contribution >= 0.6 is 0 Å². The summed E-state index contributed by atoms with van der Waals surface area (Å²) in [5.74, 6) is 2.99. The predicted octanol–water partition coefficient (Wildman–Crippen LogP) is 4.71. The molecule has 1 amide bonds. The number of amides is 1. The van der Waals surface area contributed by atoms with Crippen molar-refractivity contribution in [2.75, 3.05) is 6.54 Å². The van der Waals surface area contributed by atoms with Crippen LogP contribution in [0.15, 0.2) is 24.5 Å². The lowest BCUT2D eigenvalue weighted by atomic mass is 9.95. The van der Waals surface area contributed by atoms with E-state index in [0.717, 1.165) is 43.0 Å². The molecule has 1 aliphatic carbocycles. The highest BCUT2D eigenvalue weighted by atomic mass is 16.1. The normalized spacial score (nSPS) is 26.3. The molecule has 7 heteroatoms. The molecular weight excluding hydrogens is 424 g/mol. The van der Waals surface area contributed by atoms with Crippen LogP contribution < -0.4 is 5.32 Å². The van der Waals surface area contributed by atoms with Crippen molar-refractivity contribution in [1.82, 2.24) is 30.0 Å². The van der Waals surface area contributed by atoms with Crippen LogP contribution in [0.2, 0.25) is 0 Å². The van der Waals surface area contributed by atoms with Crippen molar-refractivity contribution >= 4 is 5.91 Å². The van der Waals surface area contributed by atoms with Gasteiger partial charge in [-0.25, -0.2) is 0 Å². The van der Waals surface area contributed by atoms with Gasteiger partial charge < -0.3 is 9.88 Å². The zero-order chi connectivity index (χ0) is 23.7. The first-order chi connectivity index (χ1) is 16.5. The summed E-state index contributed by atoms with van der Waals surface area (Å²) in [7, 11) is 0. The molecule has 2 bridgehead atoms. The standard InChI is InChI=1S/C27H40N6O/c1-18(2)26-31-30-19(3)33(26)24-15-22-10-11-23(16-24)32(22)14-12-25(21-9-6-13-28-17-21)29-27(34)20-7-4-5-8-20/h6,9,13,17-18,20,22-25H,4-5,7-8,10-12,14-16H2,1-3H3,(H,29,34)/t22?,23?,24?,25-/m0/s1. The van der Waals surface area contributed by atoms with Gasteiger partial charge in [0.15, 0.2) is 0 Å². The fourth-order valence-corrected chi connectivity index (χ4v) is 6.71. The van der Waals surface area contributed by atoms with E-state index in [4.69, 9.17) is 0 Å². The molecule has 2 aliphatic heterocycles. The highest BCUT2D eigenvalue weighted by Crippen LogP contribution is 2.42. The van der Waals surface area contributed by atoms with Gasteiger partial charge >= 0.3 is 0 Å². The van der Waals surface area contributed by atoms with Crippen molar-refractivity contribution < 1.29 is 4.79 Å². The Kier molecular flexibility index (Phi) is 7.00. The van der Waals surface area contributed by atoms with Crippen molar-refractivity contribution in [2.45, 2.75) is 109 Å². The van der Waals surface area contributed by atoms with Gasteiger partial charge in [0.2, 0.25) is 5.91 Å². The fraction of sp³-hybridized carbons (Fsp3) is 0.704. The molecule has 2 unspecified atom stereocenters. The Morgan fingerprint density at radius 3 is 2.47 bits per heavy atom. The van der Waals surface area contributed by atoms with Gasteiger partial charge in [-0.05, 0) is 63.5 Å². The van der Waals surface area contributed by atoms with E-state index in [1.54, 1.807) is 0 Å². The summed E-state index contributed by atoms with van der Waals surface area (Å²) in [6.45, 7) is 7.54. The summed E-state index contributed by atoms with van der Waals surface area (Å²) < 4.78 is 2.42. The average Bonchev–Trinajstić information content (AvgIpc) is 3.56. The van der Waals surface area contributed by atoms with Crippen LogP contribution in [-0.4, -0.2) is 49.2 Å². The van der Waals surface area contributed by atoms with E-state index in [1.807, 2.05) is 18.5 Å². The quantitative estimate of drug-likeness (QED) is 0.612. The maximum Gasteiger partial charge on any atom is 0.223 e. The van der Waals surface area contributed by atoms with Crippen molar-refractivity contribution in [2.24, 2.45) is 5.92 Å². The number of rotatable bonds is 8. The maximum atomic E-state index is 13.0. The number of nitrogens with one attached hydrogen (secondary N) is 1. The van der Waals surface area contributed by atoms with Gasteiger partial charge in [-0.15, -0.1) is 10.2 Å². The molecule has 4 heterocycles. The van der Waals surface area contributed by atoms with Gasteiger partial charge in [0.1, 0.15) is 11.6 Å². The Balaban J connectivity index is 1.26. The third-order valence-corrected chi connectivity index (χ3v) is 8.44. The number of nitrogens with zero attached hydrogens (tertiary/aromatic N) is 5. The first-order valence-corrected chi connectivity index (χ1v) is 13.4. The number of aromatic nitrogens is 4. The summed E-state index contributed by atoms with van der Waals surface area (Å²) in [6.07, 6.45) is 14.0. The van der Waals surface area contributed by atoms with Crippen molar-refractivity contribution in [3.63, 3.8) is 0 Å². The van der Waals surface area contributed by atoms with Crippen molar-refractivity contribution in [3.05, 3.63) is 41.7 Å². The third kappa shape index (κ3) is 4.77. The molecule has 2 aromatic heterocycles. The topological polar surface area (TPSA) is 75.9 Å². The molecule has 3 fully saturated rings. The first-order valence-electron chi connectivity index (χ1n) is 13.4. The Labute approximate surface area is 203 Å². The number of aryl methyl sites for hydroxylation is 1. The number of hydrogen-bond acceptors (Lipinski definition) is 5. The lowest BCUT2D eigenvalue weighted by Crippen LogP contribution is -2.45. The minimum Gasteiger partial charge on any atom is -0.349 e. The lowest BCUT2D eigenvalue weighted by Gasteiger charge is -2.40. The second-order valence-corrected chi connectivity index (χ2v) is 11.0. The largest absolute Gasteiger partial charge is 0.349 e. The van der Waals surface area contributed by atoms with Gasteiger partial charge in [0.05, 0.1) is 6.04 Å². The fourth-order valence-electron chi connectivity index (χ4n) is 6.71. The number of piperidine rings is 1. The van der Waals surface area contributed by atoms with Gasteiger partial charge in [-0.3, -0.25) is 14.7 Å². The van der Waals surface area contributed by atoms with E-state index in [2.05, 4.69) is 56.8 Å². The molecule has 1 saturated carbocycles. The van der Waals surface area contributed by atoms with Gasteiger partial charge in [0.25, 0.3) is 0 Å². The first kappa shape index (κ1) is 23.5. The van der Waals surface area contributed by atoms with E-state index in [9.17, 15) is 4.79 Å². The van der Waals surface area contributed by atoms with E-state index >= 15 is 0 Å². The zero-order valence-corrected chi connectivity index (χ0v) is 21.0. The van der Waals surface area contributed by atoms with Gasteiger partial charge in [-0.1, -0.05) is 32.8 Å². The maximum absolute atomic E-state index is 13.0. The summed E-state index contributed by atoms with van der Waals surface area (Å²) in [6, 6.07) is 5.82. The molecule has 7 nitrogen and oxygen atoms in total. The highest BCUT2D eigenvalue weighted by Gasteiger charge is 2.42. The summed E-state index contributed by atoms with van der Waals surface area (Å²) >= 11 is 0. The van der Waals surface area contributed by atoms with E-state index in [1.165, 1.54) is 38.5 Å². The van der Waals surface area contributed by atoms with Crippen LogP contribution in [0.3, 0.4) is 0 Å². The number of carbonyl (C=O) groups excluding carboxylic acids is 1. The van der Waals surface area contributed by atoms with Gasteiger partial charge in [-0.2, -0.15) is 0 Å². The van der Waals surface area contributed by atoms with Gasteiger partial charge in [0, 0.05) is 48.9 Å². The zero-order valence-electron chi connectivity index (χ0n) is 21.0. The molecule has 2 saturated heterocycles. The highest BCUT2D eigenvalue weighted by molar-refractivity contribution is 5.79. The second kappa shape index (κ2) is 10.1. The lowest BCUT2D eigenvalue weighted by molar-refractivity contribution is -0.125. The molecule has 2 aromatic rings. The summed E-state index contributed by atoms with van der Waals surface area (Å²) in [5, 5.41) is 12.3. The average molecular weight is 465 g/mol. The molecule has 3 atom stereocenters. The molecule has 34 heavy (non-hydrogen) atoms. The Hall–Kier alpha value is -2.28. The summed E-state index contributed by atoms with van der Waals surface area (Å²) in [4.78, 5) is 20.0. The molecule has 0 spiro atoms. The van der Waals surface area contributed by atoms with Crippen LogP contribution in [0.4, 0.5) is 0 Å². The second-order valence-electron chi connectivity index (χ2n) is 11.0. The Morgan fingerprint density at radius 2 is 1.82 bits per heavy atom. The number of hydrogen-bond donors (Lipinski definition) is 1. The predicted molar refractivity (Wildman–Crippen MR) is 132 cm³/mol. The number of fused-ring (bicyclic) bond motifs is 2. The van der Waals surface area contributed by atoms with Crippen LogP contribution in [0.1, 0.15) is 107 Å². The van der Waals surface area contributed by atoms with E-state index in [0.29, 0.717) is 24.0 Å². The van der Waals surface area contributed by atoms with Crippen LogP contribution in [0.25, 0.3) is 0 Å². The molecular formula is C27H40N6O. The van der Waals surface area contributed by atoms with Crippen molar-refractivity contribution in [1.29, 1.82) is 0 Å². The van der Waals surface area contributed by atoms with Crippen LogP contribution in [0.5, 0.6) is 0 Å². The summed E-state index contributed by atoms with van der Waals surface area (Å²) in [5.41, 5.74) is 1.12. The molecule has 0 aromatic carbocycles. The third-order valence-electron chi connectivity index (χ3n) is 8.44. The molecule has 5 rings (SSSR count). The smallest absolute Gasteiger partial charge is 0.223 e. The van der Waals surface area contributed by atoms with E-state index < -0.39 is 0 Å². The van der Waals surface area contributed by atoms with Crippen LogP contribution in [-0.2, 0) is 4.79 Å². The van der Waals surface area contributed by atoms with Crippen LogP contribution in [0, 0.1) is 12.8 Å². The molecule has 184 valence electrons. The molecule has 3 aliphatic rings. The van der Waals surface area contributed by atoms with E-state index in [-0.39, 0.29) is 17.9 Å². The molecule has 0 radical (unpaired) electrons. The molecule has 1 N–H and O–H groups in total. The Bertz CT molecular complexity index is 953. The number of pyridine rings is 1. The van der Waals surface area contributed by atoms with Crippen molar-refractivity contribution in [3.8, 4) is 0 Å². The minimum absolute atomic E-state index is 0.0339. The number of carbonyl (C=O) groups is 1.